The summed E-state index contributed by atoms with van der Waals surface area (Å²) < 4.78 is 32.2. The quantitative estimate of drug-likeness (QED) is 0.0360. The van der Waals surface area contributed by atoms with Gasteiger partial charge in [0.1, 0.15) is 24.4 Å². The van der Waals surface area contributed by atoms with Crippen molar-refractivity contribution >= 4 is 35.8 Å². The van der Waals surface area contributed by atoms with Crippen LogP contribution < -0.4 is 0 Å². The smallest absolute Gasteiger partial charge is 0.311 e. The SMILES string of the molecule is CCC(C)(C)C(=O)OC.CCC(C)(C)C(=O)OC(C(C)C)C(C)C.CCC(C)(C)C(=O)OC(C)C(C)(C)C.CCC(C)(C)C(=O)OC1CC(C(C)(C)C)CC(C(C)(C)C)C1.CCC(C)(C)C(=O)OC1CCCCC1.CCC(C)(C)C(=O)OCC(C)C.CCC(C)c1cc(C(C)(C)C)cc(C(C)(C)C)c1.CCC(C)c1cc(C(C)C)cc(C(C)C)c1.CCC(C)c1ccc(C)cc1.CCC(C)c1ccccc1. The standard InChI is InChI=1S/C20H38O2.C18H30.C16H26.C13H26O2.C12H22O2.C12H24O2.C11H16.C10H20O2.C10H14.C7H14O2/c1-10-20(8,9)17(21)22-16-12-14(18(2,3)4)11-15(13-16)19(5,6)7;1-9-13(2)14-10-15(17(3,4)5)12-16(11-14)18(6,7)8;1-7-13(6)16-9-14(11(2)3)8-15(10-16)12(4)5;1-8-13(6,7)12(14)15-11(9(2)3)10(4)5;1-4-12(2,3)11(13)14-10-8-6-5-7-9-10;1-8-12(6,7)10(13)14-9(2)11(3,4)5;1-4-10(3)11-7-5-9(2)6-8-11;1-6-10(4,5)9(11)12-7-8(2)3;1-3-9(2)10-7-5-4-6-8-10;1-5-7(2,3)6(8)9-4/h14-16H,10-13H2,1-9H3;10-13H,9H2,1-8H3;8-13H,7H2,1-6H3;9-11H,8H2,1-7H3;10H,4-9H2,1-3H3;9H,8H2,1-7H3;5-8,10H,4H2,1-3H3;8H,6-7H2,1-5H3;4-9H,3H2,1-2H3;5H2,1-4H3. The van der Waals surface area contributed by atoms with E-state index in [4.69, 9.17) is 23.7 Å². The van der Waals surface area contributed by atoms with Crippen LogP contribution in [-0.2, 0) is 68.0 Å². The molecule has 0 aliphatic heterocycles. The fraction of sp³-hybridized carbons (Fsp3) is 0.767. The van der Waals surface area contributed by atoms with Gasteiger partial charge in [-0.05, 0) is 343 Å². The molecule has 2 saturated carbocycles. The van der Waals surface area contributed by atoms with Crippen LogP contribution in [0.15, 0.2) is 91.0 Å². The predicted octanol–water partition coefficient (Wildman–Crippen LogP) is 38.4. The molecule has 0 amide bonds. The van der Waals surface area contributed by atoms with Crippen molar-refractivity contribution in [2.75, 3.05) is 13.7 Å². The number of benzene rings is 4. The molecule has 0 saturated heterocycles. The average Bonchev–Trinajstić information content (AvgIpc) is 0.803. The zero-order chi connectivity index (χ0) is 111. The van der Waals surface area contributed by atoms with Crippen LogP contribution in [0.3, 0.4) is 0 Å². The Labute approximate surface area is 874 Å². The number of carbonyl (C=O) groups is 6. The van der Waals surface area contributed by atoms with Crippen LogP contribution in [0.1, 0.15) is 561 Å². The van der Waals surface area contributed by atoms with E-state index in [1.807, 2.05) is 138 Å². The Hall–Kier alpha value is -6.30. The third-order valence-electron chi connectivity index (χ3n) is 30.2. The molecule has 7 atom stereocenters. The van der Waals surface area contributed by atoms with E-state index >= 15 is 0 Å². The normalized spacial score (nSPS) is 16.1. The Bertz CT molecular complexity index is 3970. The molecule has 0 heterocycles. The maximum atomic E-state index is 12.5. The Balaban J connectivity index is -0.000000746. The van der Waals surface area contributed by atoms with Crippen molar-refractivity contribution in [2.24, 2.45) is 78.3 Å². The summed E-state index contributed by atoms with van der Waals surface area (Å²) in [5, 5.41) is 0. The molecular weight excluding hydrogens is 1740 g/mol. The molecule has 4 aromatic rings. The third kappa shape index (κ3) is 56.4. The van der Waals surface area contributed by atoms with E-state index in [1.165, 1.54) is 109 Å². The molecule has 2 aliphatic rings. The zero-order valence-corrected chi connectivity index (χ0v) is 103. The van der Waals surface area contributed by atoms with Crippen LogP contribution in [0.4, 0.5) is 0 Å². The minimum absolute atomic E-state index is 0.0134. The first-order chi connectivity index (χ1) is 64.2. The molecular formula is C129H230O12. The number of hydrogen-bond donors (Lipinski definition) is 0. The van der Waals surface area contributed by atoms with Crippen molar-refractivity contribution in [1.82, 2.24) is 0 Å². The topological polar surface area (TPSA) is 158 Å². The van der Waals surface area contributed by atoms with E-state index in [0.717, 1.165) is 64.2 Å². The second-order valence-electron chi connectivity index (χ2n) is 52.4. The van der Waals surface area contributed by atoms with Gasteiger partial charge in [0.2, 0.25) is 0 Å². The lowest BCUT2D eigenvalue weighted by Gasteiger charge is -2.45. The lowest BCUT2D eigenvalue weighted by molar-refractivity contribution is -0.165. The summed E-state index contributed by atoms with van der Waals surface area (Å²) in [7, 11) is 1.42. The fourth-order valence-electron chi connectivity index (χ4n) is 14.1. The van der Waals surface area contributed by atoms with Crippen molar-refractivity contribution in [3.8, 4) is 0 Å². The highest BCUT2D eigenvalue weighted by atomic mass is 16.6. The van der Waals surface area contributed by atoms with Gasteiger partial charge in [0.15, 0.2) is 0 Å². The van der Waals surface area contributed by atoms with E-state index in [9.17, 15) is 28.8 Å². The van der Waals surface area contributed by atoms with Gasteiger partial charge in [-0.1, -0.05) is 373 Å². The van der Waals surface area contributed by atoms with Crippen LogP contribution in [0.25, 0.3) is 0 Å². The minimum atomic E-state index is -0.369. The number of ether oxygens (including phenoxy) is 6. The van der Waals surface area contributed by atoms with E-state index < -0.39 is 0 Å². The summed E-state index contributed by atoms with van der Waals surface area (Å²) in [5.74, 6) is 5.97. The maximum Gasteiger partial charge on any atom is 0.311 e. The number of hydrogen-bond acceptors (Lipinski definition) is 12. The van der Waals surface area contributed by atoms with Crippen molar-refractivity contribution in [3.05, 3.63) is 141 Å². The molecule has 0 N–H and O–H groups in total. The van der Waals surface area contributed by atoms with Crippen LogP contribution >= 0.6 is 0 Å². The summed E-state index contributed by atoms with van der Waals surface area (Å²) in [4.78, 5) is 70.0. The van der Waals surface area contributed by atoms with Gasteiger partial charge < -0.3 is 28.4 Å². The molecule has 0 aromatic heterocycles. The number of esters is 6. The number of aryl methyl sites for hydroxylation is 1. The number of rotatable bonds is 30. The summed E-state index contributed by atoms with van der Waals surface area (Å²) >= 11 is 0. The van der Waals surface area contributed by atoms with Crippen LogP contribution in [0.5, 0.6) is 0 Å². The van der Waals surface area contributed by atoms with Gasteiger partial charge in [0.05, 0.1) is 46.2 Å². The molecule has 2 fully saturated rings. The van der Waals surface area contributed by atoms with Gasteiger partial charge >= 0.3 is 35.8 Å². The molecule has 0 bridgehead atoms. The lowest BCUT2D eigenvalue weighted by atomic mass is 9.62. The highest BCUT2D eigenvalue weighted by Gasteiger charge is 2.43. The monoisotopic (exact) mass is 1970 g/mol. The Morgan fingerprint density at radius 2 is 0.631 bits per heavy atom. The molecule has 7 unspecified atom stereocenters. The largest absolute Gasteiger partial charge is 0.469 e. The molecule has 0 radical (unpaired) electrons. The van der Waals surface area contributed by atoms with Gasteiger partial charge in [-0.2, -0.15) is 0 Å². The van der Waals surface area contributed by atoms with E-state index in [1.54, 1.807) is 0 Å². The summed E-state index contributed by atoms with van der Waals surface area (Å²) in [6.45, 7) is 113. The van der Waals surface area contributed by atoms with Crippen molar-refractivity contribution in [1.29, 1.82) is 0 Å². The molecule has 12 nitrogen and oxygen atoms in total. The van der Waals surface area contributed by atoms with E-state index in [0.29, 0.717) is 71.7 Å². The summed E-state index contributed by atoms with van der Waals surface area (Å²) in [6, 6.07) is 33.8. The zero-order valence-electron chi connectivity index (χ0n) is 103. The minimum Gasteiger partial charge on any atom is -0.469 e. The average molecular weight is 1970 g/mol. The van der Waals surface area contributed by atoms with Gasteiger partial charge in [0.25, 0.3) is 0 Å². The Morgan fingerprint density at radius 3 is 0.929 bits per heavy atom. The number of methoxy groups -OCH3 is 1. The maximum absolute atomic E-state index is 12.5. The lowest BCUT2D eigenvalue weighted by Crippen LogP contribution is -2.41. The third-order valence-corrected chi connectivity index (χ3v) is 30.2. The first kappa shape index (κ1) is 141. The van der Waals surface area contributed by atoms with Gasteiger partial charge in [-0.3, -0.25) is 28.8 Å². The second-order valence-corrected chi connectivity index (χ2v) is 52.4. The molecule has 4 aromatic carbocycles. The fourth-order valence-corrected chi connectivity index (χ4v) is 14.1. The van der Waals surface area contributed by atoms with E-state index in [2.05, 4.69) is 324 Å². The predicted molar refractivity (Wildman–Crippen MR) is 610 cm³/mol. The van der Waals surface area contributed by atoms with Crippen molar-refractivity contribution < 1.29 is 57.2 Å². The van der Waals surface area contributed by atoms with E-state index in [-0.39, 0.29) is 120 Å². The molecule has 12 heteroatoms. The molecule has 6 rings (SSSR count). The van der Waals surface area contributed by atoms with Crippen molar-refractivity contribution in [2.45, 2.75) is 553 Å². The van der Waals surface area contributed by atoms with Crippen molar-refractivity contribution in [3.63, 3.8) is 0 Å². The number of carbonyl (C=O) groups excluding carboxylic acids is 6. The summed E-state index contributed by atoms with van der Waals surface area (Å²) in [5.41, 5.74) is 12.1. The summed E-state index contributed by atoms with van der Waals surface area (Å²) in [6.07, 6.45) is 19.2. The highest BCUT2D eigenvalue weighted by Crippen LogP contribution is 2.48. The molecule has 818 valence electrons. The molecule has 0 spiro atoms. The van der Waals surface area contributed by atoms with Gasteiger partial charge in [-0.15, -0.1) is 0 Å². The van der Waals surface area contributed by atoms with Crippen LogP contribution in [0, 0.1) is 85.2 Å². The van der Waals surface area contributed by atoms with Crippen LogP contribution in [-0.4, -0.2) is 73.9 Å². The second kappa shape index (κ2) is 65.4. The van der Waals surface area contributed by atoms with Gasteiger partial charge in [0, 0.05) is 0 Å². The van der Waals surface area contributed by atoms with Crippen LogP contribution in [0.2, 0.25) is 0 Å². The Kier molecular flexibility index (Phi) is 65.4. The van der Waals surface area contributed by atoms with Gasteiger partial charge in [-0.25, -0.2) is 0 Å². The molecule has 141 heavy (non-hydrogen) atoms. The highest BCUT2D eigenvalue weighted by molar-refractivity contribution is 5.78. The first-order valence-electron chi connectivity index (χ1n) is 55.7. The molecule has 2 aliphatic carbocycles. The first-order valence-corrected chi connectivity index (χ1v) is 55.7. The Morgan fingerprint density at radius 1 is 0.326 bits per heavy atom.